The molecule has 1 aliphatic rings. The molecule has 5 nitrogen and oxygen atoms in total. The number of nitrogens with one attached hydrogen (secondary N) is 1. The third kappa shape index (κ3) is 3.72. The zero-order valence-corrected chi connectivity index (χ0v) is 11.0. The van der Waals surface area contributed by atoms with Gasteiger partial charge >= 0.3 is 6.18 Å². The molecule has 0 spiro atoms. The number of amides is 1. The van der Waals surface area contributed by atoms with Crippen molar-refractivity contribution < 1.29 is 22.7 Å². The Bertz CT molecular complexity index is 479. The number of rotatable bonds is 4. The highest BCUT2D eigenvalue weighted by Crippen LogP contribution is 2.29. The number of aromatic nitrogens is 2. The summed E-state index contributed by atoms with van der Waals surface area (Å²) >= 11 is 0. The number of alkyl halides is 3. The van der Waals surface area contributed by atoms with Crippen LogP contribution in [0.4, 0.5) is 13.2 Å². The fraction of sp³-hybridized carbons (Fsp3) is 0.667. The second-order valence-corrected chi connectivity index (χ2v) is 4.77. The zero-order valence-electron chi connectivity index (χ0n) is 11.0. The van der Waals surface area contributed by atoms with Gasteiger partial charge in [0, 0.05) is 13.2 Å². The molecule has 1 aromatic rings. The SMILES string of the molecule is Cc1cc(C(F)(F)F)n(CC(=O)NCC2CCCO2)n1. The van der Waals surface area contributed by atoms with Gasteiger partial charge in [0.2, 0.25) is 5.91 Å². The maximum Gasteiger partial charge on any atom is 0.433 e. The Morgan fingerprint density at radius 1 is 1.60 bits per heavy atom. The van der Waals surface area contributed by atoms with Gasteiger partial charge in [0.15, 0.2) is 0 Å². The second-order valence-electron chi connectivity index (χ2n) is 4.77. The molecule has 1 N–H and O–H groups in total. The minimum atomic E-state index is -4.52. The first-order valence-electron chi connectivity index (χ1n) is 6.36. The summed E-state index contributed by atoms with van der Waals surface area (Å²) in [6.07, 6.45) is -2.76. The van der Waals surface area contributed by atoms with Crippen LogP contribution in [-0.4, -0.2) is 34.9 Å². The topological polar surface area (TPSA) is 56.2 Å². The molecule has 2 rings (SSSR count). The Hall–Kier alpha value is -1.57. The largest absolute Gasteiger partial charge is 0.433 e. The van der Waals surface area contributed by atoms with Crippen LogP contribution in [0.25, 0.3) is 0 Å². The van der Waals surface area contributed by atoms with Gasteiger partial charge in [-0.2, -0.15) is 18.3 Å². The van der Waals surface area contributed by atoms with Crippen LogP contribution in [0.3, 0.4) is 0 Å². The first kappa shape index (κ1) is 14.8. The Balaban J connectivity index is 1.93. The van der Waals surface area contributed by atoms with Crippen molar-refractivity contribution in [2.75, 3.05) is 13.2 Å². The first-order valence-corrected chi connectivity index (χ1v) is 6.36. The summed E-state index contributed by atoms with van der Waals surface area (Å²) in [5.74, 6) is -0.505. The molecule has 112 valence electrons. The average molecular weight is 291 g/mol. The molecule has 0 saturated carbocycles. The molecular weight excluding hydrogens is 275 g/mol. The van der Waals surface area contributed by atoms with Crippen LogP contribution in [0, 0.1) is 6.92 Å². The minimum absolute atomic E-state index is 0.0413. The van der Waals surface area contributed by atoms with Gasteiger partial charge in [-0.15, -0.1) is 0 Å². The van der Waals surface area contributed by atoms with Crippen LogP contribution in [0.1, 0.15) is 24.2 Å². The van der Waals surface area contributed by atoms with E-state index in [1.807, 2.05) is 0 Å². The zero-order chi connectivity index (χ0) is 14.8. The quantitative estimate of drug-likeness (QED) is 0.914. The van der Waals surface area contributed by atoms with Crippen LogP contribution in [0.15, 0.2) is 6.07 Å². The molecule has 8 heteroatoms. The summed E-state index contributed by atoms with van der Waals surface area (Å²) in [7, 11) is 0. The molecule has 1 saturated heterocycles. The number of carbonyl (C=O) groups excluding carboxylic acids is 1. The molecule has 1 unspecified atom stereocenters. The monoisotopic (exact) mass is 291 g/mol. The average Bonchev–Trinajstić information content (AvgIpc) is 2.95. The van der Waals surface area contributed by atoms with Crippen molar-refractivity contribution in [3.05, 3.63) is 17.5 Å². The molecule has 1 fully saturated rings. The molecule has 1 amide bonds. The number of hydrogen-bond acceptors (Lipinski definition) is 3. The van der Waals surface area contributed by atoms with Crippen LogP contribution in [0.2, 0.25) is 0 Å². The van der Waals surface area contributed by atoms with Crippen molar-refractivity contribution in [1.82, 2.24) is 15.1 Å². The molecule has 20 heavy (non-hydrogen) atoms. The number of hydrogen-bond donors (Lipinski definition) is 1. The summed E-state index contributed by atoms with van der Waals surface area (Å²) in [5, 5.41) is 6.27. The molecule has 0 bridgehead atoms. The van der Waals surface area contributed by atoms with E-state index in [0.717, 1.165) is 18.9 Å². The molecular formula is C12H16F3N3O2. The Morgan fingerprint density at radius 3 is 2.95 bits per heavy atom. The molecule has 0 aromatic carbocycles. The smallest absolute Gasteiger partial charge is 0.376 e. The summed E-state index contributed by atoms with van der Waals surface area (Å²) in [6, 6.07) is 0.924. The third-order valence-corrected chi connectivity index (χ3v) is 3.04. The van der Waals surface area contributed by atoms with E-state index in [2.05, 4.69) is 10.4 Å². The van der Waals surface area contributed by atoms with E-state index in [1.165, 1.54) is 6.92 Å². The minimum Gasteiger partial charge on any atom is -0.376 e. The Morgan fingerprint density at radius 2 is 2.35 bits per heavy atom. The summed E-state index contributed by atoms with van der Waals surface area (Å²) in [5.41, 5.74) is -0.688. The Kier molecular flexibility index (Phi) is 4.32. The molecule has 2 heterocycles. The third-order valence-electron chi connectivity index (χ3n) is 3.04. The fourth-order valence-electron chi connectivity index (χ4n) is 2.12. The van der Waals surface area contributed by atoms with E-state index < -0.39 is 24.3 Å². The van der Waals surface area contributed by atoms with Gasteiger partial charge in [0.25, 0.3) is 0 Å². The molecule has 1 atom stereocenters. The molecule has 1 aliphatic heterocycles. The summed E-state index contributed by atoms with van der Waals surface area (Å²) in [4.78, 5) is 11.7. The Labute approximate surface area is 114 Å². The summed E-state index contributed by atoms with van der Waals surface area (Å²) in [6.45, 7) is 1.99. The van der Waals surface area contributed by atoms with Gasteiger partial charge in [0.05, 0.1) is 11.8 Å². The number of carbonyl (C=O) groups is 1. The van der Waals surface area contributed by atoms with Crippen LogP contribution < -0.4 is 5.32 Å². The first-order chi connectivity index (χ1) is 9.36. The van der Waals surface area contributed by atoms with E-state index in [-0.39, 0.29) is 11.8 Å². The standard InChI is InChI=1S/C12H16F3N3O2/c1-8-5-10(12(13,14)15)18(17-8)7-11(19)16-6-9-3-2-4-20-9/h5,9H,2-4,6-7H2,1H3,(H,16,19). The maximum atomic E-state index is 12.7. The lowest BCUT2D eigenvalue weighted by atomic mass is 10.2. The van der Waals surface area contributed by atoms with Crippen molar-refractivity contribution >= 4 is 5.91 Å². The summed E-state index contributed by atoms with van der Waals surface area (Å²) < 4.78 is 44.2. The van der Waals surface area contributed by atoms with Crippen molar-refractivity contribution in [3.8, 4) is 0 Å². The lowest BCUT2D eigenvalue weighted by Crippen LogP contribution is -2.35. The molecule has 1 aromatic heterocycles. The second kappa shape index (κ2) is 5.82. The van der Waals surface area contributed by atoms with Gasteiger partial charge in [-0.05, 0) is 25.8 Å². The maximum absolute atomic E-state index is 12.7. The van der Waals surface area contributed by atoms with Crippen molar-refractivity contribution in [2.24, 2.45) is 0 Å². The van der Waals surface area contributed by atoms with Crippen LogP contribution in [-0.2, 0) is 22.3 Å². The lowest BCUT2D eigenvalue weighted by Gasteiger charge is -2.12. The van der Waals surface area contributed by atoms with Crippen molar-refractivity contribution in [1.29, 1.82) is 0 Å². The molecule has 0 aliphatic carbocycles. The molecule has 0 radical (unpaired) electrons. The van der Waals surface area contributed by atoms with Crippen molar-refractivity contribution in [3.63, 3.8) is 0 Å². The van der Waals surface area contributed by atoms with E-state index >= 15 is 0 Å². The van der Waals surface area contributed by atoms with E-state index in [1.54, 1.807) is 0 Å². The van der Waals surface area contributed by atoms with Gasteiger partial charge in [0.1, 0.15) is 12.2 Å². The van der Waals surface area contributed by atoms with Crippen LogP contribution >= 0.6 is 0 Å². The fourth-order valence-corrected chi connectivity index (χ4v) is 2.12. The highest BCUT2D eigenvalue weighted by molar-refractivity contribution is 5.75. The van der Waals surface area contributed by atoms with Gasteiger partial charge in [-0.1, -0.05) is 0 Å². The lowest BCUT2D eigenvalue weighted by molar-refractivity contribution is -0.144. The normalized spacial score (nSPS) is 19.3. The predicted molar refractivity (Wildman–Crippen MR) is 63.9 cm³/mol. The van der Waals surface area contributed by atoms with E-state index in [9.17, 15) is 18.0 Å². The van der Waals surface area contributed by atoms with E-state index in [0.29, 0.717) is 17.8 Å². The number of ether oxygens (including phenoxy) is 1. The van der Waals surface area contributed by atoms with Crippen LogP contribution in [0.5, 0.6) is 0 Å². The van der Waals surface area contributed by atoms with Gasteiger partial charge in [-0.25, -0.2) is 0 Å². The number of nitrogens with zero attached hydrogens (tertiary/aromatic N) is 2. The predicted octanol–water partition coefficient (Wildman–Crippen LogP) is 1.51. The highest BCUT2D eigenvalue weighted by Gasteiger charge is 2.35. The van der Waals surface area contributed by atoms with Crippen molar-refractivity contribution in [2.45, 2.75) is 38.6 Å². The highest BCUT2D eigenvalue weighted by atomic mass is 19.4. The van der Waals surface area contributed by atoms with Gasteiger partial charge in [-0.3, -0.25) is 9.48 Å². The van der Waals surface area contributed by atoms with Gasteiger partial charge < -0.3 is 10.1 Å². The number of halogens is 3. The number of aryl methyl sites for hydroxylation is 1. The van der Waals surface area contributed by atoms with E-state index in [4.69, 9.17) is 4.74 Å².